The van der Waals surface area contributed by atoms with Crippen LogP contribution < -0.4 is 4.74 Å². The Kier molecular flexibility index (Phi) is 4.01. The van der Waals surface area contributed by atoms with Crippen LogP contribution >= 0.6 is 23.2 Å². The number of aromatic nitrogens is 2. The van der Waals surface area contributed by atoms with E-state index in [1.165, 1.54) is 6.07 Å². The van der Waals surface area contributed by atoms with Crippen molar-refractivity contribution in [2.45, 2.75) is 6.18 Å². The number of ether oxygens (including phenoxy) is 1. The van der Waals surface area contributed by atoms with Gasteiger partial charge in [-0.15, -0.1) is 0 Å². The van der Waals surface area contributed by atoms with E-state index in [-0.39, 0.29) is 10.8 Å². The highest BCUT2D eigenvalue weighted by Crippen LogP contribution is 2.31. The molecule has 2 aromatic rings. The summed E-state index contributed by atoms with van der Waals surface area (Å²) < 4.78 is 55.5. The second-order valence-corrected chi connectivity index (χ2v) is 4.32. The Hall–Kier alpha value is -1.60. The van der Waals surface area contributed by atoms with Gasteiger partial charge in [0.15, 0.2) is 0 Å². The van der Waals surface area contributed by atoms with E-state index in [1.807, 2.05) is 0 Å². The summed E-state index contributed by atoms with van der Waals surface area (Å²) in [5.41, 5.74) is 0. The van der Waals surface area contributed by atoms with Crippen LogP contribution in [0.3, 0.4) is 0 Å². The lowest BCUT2D eigenvalue weighted by molar-refractivity contribution is -0.145. The molecule has 0 fully saturated rings. The maximum Gasteiger partial charge on any atom is 0.451 e. The summed E-state index contributed by atoms with van der Waals surface area (Å²) in [6, 6.07) is 4.28. The predicted octanol–water partition coefficient (Wildman–Crippen LogP) is 4.73. The van der Waals surface area contributed by atoms with Gasteiger partial charge in [0, 0.05) is 12.1 Å². The number of nitrogens with zero attached hydrogens (tertiary/aromatic N) is 2. The Labute approximate surface area is 120 Å². The van der Waals surface area contributed by atoms with Gasteiger partial charge >= 0.3 is 6.18 Å². The number of hydrogen-bond donors (Lipinski definition) is 0. The Morgan fingerprint density at radius 3 is 2.35 bits per heavy atom. The lowest BCUT2D eigenvalue weighted by atomic mass is 10.3. The Bertz CT molecular complexity index is 649. The van der Waals surface area contributed by atoms with Crippen molar-refractivity contribution in [1.82, 2.24) is 9.97 Å². The van der Waals surface area contributed by atoms with Crippen molar-refractivity contribution in [1.29, 1.82) is 0 Å². The minimum atomic E-state index is -4.76. The van der Waals surface area contributed by atoms with Crippen LogP contribution in [0.1, 0.15) is 5.82 Å². The fourth-order valence-electron chi connectivity index (χ4n) is 1.24. The molecule has 2 rings (SSSR count). The van der Waals surface area contributed by atoms with Gasteiger partial charge in [0.1, 0.15) is 16.7 Å². The molecular weight excluding hydrogens is 323 g/mol. The summed E-state index contributed by atoms with van der Waals surface area (Å²) >= 11 is 11.0. The third kappa shape index (κ3) is 3.49. The average Bonchev–Trinajstić information content (AvgIpc) is 2.32. The minimum absolute atomic E-state index is 0.0132. The van der Waals surface area contributed by atoms with Gasteiger partial charge in [0.05, 0.1) is 5.02 Å². The van der Waals surface area contributed by atoms with Crippen LogP contribution in [0, 0.1) is 5.82 Å². The molecule has 0 aliphatic carbocycles. The summed E-state index contributed by atoms with van der Waals surface area (Å²) in [5.74, 6) is -2.54. The van der Waals surface area contributed by atoms with Crippen LogP contribution in [0.2, 0.25) is 10.2 Å². The molecule has 1 heterocycles. The molecule has 0 bridgehead atoms. The molecule has 0 unspecified atom stereocenters. The molecule has 106 valence electrons. The second-order valence-electron chi connectivity index (χ2n) is 3.53. The monoisotopic (exact) mass is 326 g/mol. The molecule has 0 radical (unpaired) electrons. The molecule has 0 atom stereocenters. The molecule has 1 aromatic heterocycles. The number of benzene rings is 1. The number of halogens is 6. The molecule has 1 aromatic carbocycles. The van der Waals surface area contributed by atoms with Crippen molar-refractivity contribution in [2.24, 2.45) is 0 Å². The molecule has 0 aliphatic heterocycles. The summed E-state index contributed by atoms with van der Waals surface area (Å²) in [4.78, 5) is 6.21. The van der Waals surface area contributed by atoms with Crippen molar-refractivity contribution in [3.63, 3.8) is 0 Å². The van der Waals surface area contributed by atoms with Crippen LogP contribution in [0.4, 0.5) is 17.6 Å². The van der Waals surface area contributed by atoms with Crippen LogP contribution in [0.5, 0.6) is 11.6 Å². The maximum absolute atomic E-state index is 12.9. The predicted molar refractivity (Wildman–Crippen MR) is 63.5 cm³/mol. The quantitative estimate of drug-likeness (QED) is 0.591. The normalized spacial score (nSPS) is 11.5. The van der Waals surface area contributed by atoms with E-state index in [0.717, 1.165) is 18.2 Å². The molecule has 20 heavy (non-hydrogen) atoms. The number of rotatable bonds is 2. The second kappa shape index (κ2) is 5.41. The van der Waals surface area contributed by atoms with Gasteiger partial charge in [0.25, 0.3) is 0 Å². The van der Waals surface area contributed by atoms with E-state index in [4.69, 9.17) is 27.9 Å². The van der Waals surface area contributed by atoms with Crippen LogP contribution in [-0.2, 0) is 6.18 Å². The highest BCUT2D eigenvalue weighted by Gasteiger charge is 2.35. The SMILES string of the molecule is Fc1ccc(Oc2cc(Cl)nc(C(F)(F)F)n2)cc1Cl. The lowest BCUT2D eigenvalue weighted by Gasteiger charge is -2.09. The first-order valence-corrected chi connectivity index (χ1v) is 5.76. The van der Waals surface area contributed by atoms with Gasteiger partial charge in [-0.3, -0.25) is 0 Å². The summed E-state index contributed by atoms with van der Waals surface area (Å²) in [7, 11) is 0. The third-order valence-corrected chi connectivity index (χ3v) is 2.52. The van der Waals surface area contributed by atoms with Gasteiger partial charge in [-0.2, -0.15) is 18.2 Å². The molecule has 0 aliphatic rings. The van der Waals surface area contributed by atoms with Crippen LogP contribution in [0.15, 0.2) is 24.3 Å². The topological polar surface area (TPSA) is 35.0 Å². The van der Waals surface area contributed by atoms with Crippen molar-refractivity contribution in [3.8, 4) is 11.6 Å². The smallest absolute Gasteiger partial charge is 0.439 e. The first-order valence-electron chi connectivity index (χ1n) is 5.00. The van der Waals surface area contributed by atoms with E-state index >= 15 is 0 Å². The van der Waals surface area contributed by atoms with Crippen molar-refractivity contribution < 1.29 is 22.3 Å². The van der Waals surface area contributed by atoms with Crippen LogP contribution in [-0.4, -0.2) is 9.97 Å². The Morgan fingerprint density at radius 2 is 1.75 bits per heavy atom. The zero-order valence-corrected chi connectivity index (χ0v) is 10.9. The molecule has 0 N–H and O–H groups in total. The standard InChI is InChI=1S/C11H4Cl2F4N2O/c12-6-3-5(1-2-7(6)14)20-9-4-8(13)18-10(19-9)11(15,16)17/h1-4H. The largest absolute Gasteiger partial charge is 0.451 e. The highest BCUT2D eigenvalue weighted by atomic mass is 35.5. The van der Waals surface area contributed by atoms with Gasteiger partial charge in [-0.1, -0.05) is 23.2 Å². The summed E-state index contributed by atoms with van der Waals surface area (Å²) in [6.07, 6.45) is -4.76. The first-order chi connectivity index (χ1) is 9.25. The van der Waals surface area contributed by atoms with Crippen molar-refractivity contribution in [2.75, 3.05) is 0 Å². The maximum atomic E-state index is 12.9. The molecule has 0 spiro atoms. The molecule has 9 heteroatoms. The molecule has 3 nitrogen and oxygen atoms in total. The summed E-state index contributed by atoms with van der Waals surface area (Å²) in [5, 5.41) is -0.672. The van der Waals surface area contributed by atoms with Gasteiger partial charge < -0.3 is 4.74 Å². The highest BCUT2D eigenvalue weighted by molar-refractivity contribution is 6.30. The van der Waals surface area contributed by atoms with E-state index in [0.29, 0.717) is 0 Å². The lowest BCUT2D eigenvalue weighted by Crippen LogP contribution is -2.11. The van der Waals surface area contributed by atoms with E-state index < -0.39 is 28.9 Å². The molecule has 0 saturated heterocycles. The van der Waals surface area contributed by atoms with Gasteiger partial charge in [-0.05, 0) is 12.1 Å². The first kappa shape index (κ1) is 14.8. The average molecular weight is 327 g/mol. The molecule has 0 saturated carbocycles. The van der Waals surface area contributed by atoms with Crippen molar-refractivity contribution >= 4 is 23.2 Å². The van der Waals surface area contributed by atoms with E-state index in [2.05, 4.69) is 9.97 Å². The zero-order chi connectivity index (χ0) is 14.9. The van der Waals surface area contributed by atoms with Crippen molar-refractivity contribution in [3.05, 3.63) is 46.1 Å². The minimum Gasteiger partial charge on any atom is -0.439 e. The zero-order valence-electron chi connectivity index (χ0n) is 9.38. The fourth-order valence-corrected chi connectivity index (χ4v) is 1.58. The molecular formula is C11H4Cl2F4N2O. The Balaban J connectivity index is 2.33. The van der Waals surface area contributed by atoms with E-state index in [1.54, 1.807) is 0 Å². The summed E-state index contributed by atoms with van der Waals surface area (Å²) in [6.45, 7) is 0. The Morgan fingerprint density at radius 1 is 1.05 bits per heavy atom. The van der Waals surface area contributed by atoms with Crippen LogP contribution in [0.25, 0.3) is 0 Å². The number of hydrogen-bond acceptors (Lipinski definition) is 3. The number of alkyl halides is 3. The van der Waals surface area contributed by atoms with E-state index in [9.17, 15) is 17.6 Å². The fraction of sp³-hybridized carbons (Fsp3) is 0.0909. The van der Waals surface area contributed by atoms with Gasteiger partial charge in [0.2, 0.25) is 11.7 Å². The third-order valence-electron chi connectivity index (χ3n) is 2.04. The molecule has 0 amide bonds. The van der Waals surface area contributed by atoms with Gasteiger partial charge in [-0.25, -0.2) is 9.37 Å².